The first-order valence-corrected chi connectivity index (χ1v) is 8.08. The fourth-order valence-corrected chi connectivity index (χ4v) is 3.47. The molecular formula is C16H22ClN3O2. The van der Waals surface area contributed by atoms with Crippen LogP contribution in [0, 0.1) is 0 Å². The zero-order valence-corrected chi connectivity index (χ0v) is 14.0. The molecule has 120 valence electrons. The normalized spacial score (nSPS) is 24.5. The summed E-state index contributed by atoms with van der Waals surface area (Å²) in [5.74, 6) is 0. The molecule has 2 unspecified atom stereocenters. The summed E-state index contributed by atoms with van der Waals surface area (Å²) in [6.45, 7) is 7.32. The first-order valence-electron chi connectivity index (χ1n) is 7.70. The van der Waals surface area contributed by atoms with Crippen LogP contribution >= 0.6 is 11.6 Å². The molecule has 6 heteroatoms. The Bertz CT molecular complexity index is 559. The van der Waals surface area contributed by atoms with E-state index in [1.807, 2.05) is 37.9 Å². The zero-order valence-electron chi connectivity index (χ0n) is 13.3. The molecule has 1 aromatic rings. The number of rotatable bonds is 1. The standard InChI is InChI=1S/C16H22ClN3O2/c1-16(2,3)22-15(21)20-12-4-5-13(20)10-19(9-12)14-6-11(17)7-18-8-14/h6-8,12-13H,4-5,9-10H2,1-3H3. The second-order valence-corrected chi connectivity index (χ2v) is 7.48. The summed E-state index contributed by atoms with van der Waals surface area (Å²) in [5.41, 5.74) is 0.568. The Balaban J connectivity index is 1.73. The van der Waals surface area contributed by atoms with Crippen molar-refractivity contribution in [3.63, 3.8) is 0 Å². The largest absolute Gasteiger partial charge is 0.444 e. The highest BCUT2D eigenvalue weighted by Crippen LogP contribution is 2.34. The predicted molar refractivity (Wildman–Crippen MR) is 86.3 cm³/mol. The number of carbonyl (C=O) groups excluding carboxylic acids is 1. The number of piperazine rings is 1. The maximum Gasteiger partial charge on any atom is 0.410 e. The first kappa shape index (κ1) is 15.4. The van der Waals surface area contributed by atoms with Crippen molar-refractivity contribution in [2.45, 2.75) is 51.3 Å². The minimum Gasteiger partial charge on any atom is -0.444 e. The van der Waals surface area contributed by atoms with Crippen molar-refractivity contribution in [2.24, 2.45) is 0 Å². The smallest absolute Gasteiger partial charge is 0.410 e. The van der Waals surface area contributed by atoms with Gasteiger partial charge in [0, 0.05) is 19.3 Å². The molecule has 2 aliphatic rings. The fourth-order valence-electron chi connectivity index (χ4n) is 3.30. The van der Waals surface area contributed by atoms with Crippen molar-refractivity contribution >= 4 is 23.4 Å². The second kappa shape index (κ2) is 5.61. The van der Waals surface area contributed by atoms with Gasteiger partial charge in [-0.1, -0.05) is 11.6 Å². The van der Waals surface area contributed by atoms with Crippen molar-refractivity contribution in [3.8, 4) is 0 Å². The third kappa shape index (κ3) is 3.14. The number of nitrogens with zero attached hydrogens (tertiary/aromatic N) is 3. The van der Waals surface area contributed by atoms with Gasteiger partial charge in [-0.15, -0.1) is 0 Å². The van der Waals surface area contributed by atoms with E-state index < -0.39 is 5.60 Å². The summed E-state index contributed by atoms with van der Waals surface area (Å²) in [6, 6.07) is 2.33. The molecular weight excluding hydrogens is 302 g/mol. The molecule has 0 aliphatic carbocycles. The molecule has 2 fully saturated rings. The monoisotopic (exact) mass is 323 g/mol. The predicted octanol–water partition coefficient (Wildman–Crippen LogP) is 3.32. The zero-order chi connectivity index (χ0) is 15.9. The number of ether oxygens (including phenoxy) is 1. The van der Waals surface area contributed by atoms with Gasteiger partial charge < -0.3 is 9.64 Å². The van der Waals surface area contributed by atoms with Gasteiger partial charge in [-0.25, -0.2) is 4.79 Å². The SMILES string of the molecule is CC(C)(C)OC(=O)N1C2CCC1CN(c1cncc(Cl)c1)C2. The van der Waals surface area contributed by atoms with Crippen molar-refractivity contribution in [3.05, 3.63) is 23.5 Å². The average molecular weight is 324 g/mol. The van der Waals surface area contributed by atoms with Crippen LogP contribution in [0.2, 0.25) is 5.02 Å². The van der Waals surface area contributed by atoms with E-state index in [0.717, 1.165) is 31.6 Å². The van der Waals surface area contributed by atoms with E-state index in [2.05, 4.69) is 9.88 Å². The lowest BCUT2D eigenvalue weighted by Crippen LogP contribution is -2.56. The van der Waals surface area contributed by atoms with Crippen LogP contribution in [0.25, 0.3) is 0 Å². The Hall–Kier alpha value is -1.49. The molecule has 0 radical (unpaired) electrons. The maximum absolute atomic E-state index is 12.4. The van der Waals surface area contributed by atoms with Crippen LogP contribution in [0.3, 0.4) is 0 Å². The van der Waals surface area contributed by atoms with Crippen molar-refractivity contribution in [1.82, 2.24) is 9.88 Å². The van der Waals surface area contributed by atoms with E-state index in [1.54, 1.807) is 6.20 Å². The molecule has 1 aromatic heterocycles. The van der Waals surface area contributed by atoms with Gasteiger partial charge in [0.15, 0.2) is 0 Å². The molecule has 2 atom stereocenters. The van der Waals surface area contributed by atoms with E-state index in [0.29, 0.717) is 5.02 Å². The van der Waals surface area contributed by atoms with Gasteiger partial charge in [-0.2, -0.15) is 0 Å². The topological polar surface area (TPSA) is 45.7 Å². The molecule has 2 bridgehead atoms. The number of aromatic nitrogens is 1. The Labute approximate surface area is 136 Å². The maximum atomic E-state index is 12.4. The minimum atomic E-state index is -0.454. The van der Waals surface area contributed by atoms with Crippen LogP contribution in [-0.2, 0) is 4.74 Å². The van der Waals surface area contributed by atoms with E-state index in [-0.39, 0.29) is 18.2 Å². The number of pyridine rings is 1. The second-order valence-electron chi connectivity index (χ2n) is 7.04. The fraction of sp³-hybridized carbons (Fsp3) is 0.625. The average Bonchev–Trinajstić information content (AvgIpc) is 2.68. The molecule has 3 heterocycles. The number of hydrogen-bond donors (Lipinski definition) is 0. The van der Waals surface area contributed by atoms with Crippen molar-refractivity contribution in [2.75, 3.05) is 18.0 Å². The number of carbonyl (C=O) groups is 1. The van der Waals surface area contributed by atoms with Gasteiger partial charge in [0.05, 0.1) is 29.0 Å². The number of hydrogen-bond acceptors (Lipinski definition) is 4. The quantitative estimate of drug-likeness (QED) is 0.795. The van der Waals surface area contributed by atoms with Crippen molar-refractivity contribution < 1.29 is 9.53 Å². The molecule has 0 spiro atoms. The van der Waals surface area contributed by atoms with Crippen LogP contribution in [-0.4, -0.2) is 46.8 Å². The lowest BCUT2D eigenvalue weighted by molar-refractivity contribution is 0.0123. The summed E-state index contributed by atoms with van der Waals surface area (Å²) in [5, 5.41) is 0.638. The summed E-state index contributed by atoms with van der Waals surface area (Å²) in [6.07, 6.45) is 5.32. The van der Waals surface area contributed by atoms with E-state index in [9.17, 15) is 4.79 Å². The summed E-state index contributed by atoms with van der Waals surface area (Å²) >= 11 is 6.03. The van der Waals surface area contributed by atoms with Gasteiger partial charge in [0.1, 0.15) is 5.60 Å². The Kier molecular flexibility index (Phi) is 3.93. The summed E-state index contributed by atoms with van der Waals surface area (Å²) in [4.78, 5) is 20.8. The van der Waals surface area contributed by atoms with Crippen LogP contribution < -0.4 is 4.90 Å². The van der Waals surface area contributed by atoms with E-state index >= 15 is 0 Å². The third-order valence-corrected chi connectivity index (χ3v) is 4.35. The number of amides is 1. The third-order valence-electron chi connectivity index (χ3n) is 4.14. The lowest BCUT2D eigenvalue weighted by atomic mass is 10.1. The molecule has 3 rings (SSSR count). The van der Waals surface area contributed by atoms with Crippen LogP contribution in [0.5, 0.6) is 0 Å². The highest BCUT2D eigenvalue weighted by Gasteiger charge is 2.44. The van der Waals surface area contributed by atoms with Gasteiger partial charge in [0.2, 0.25) is 0 Å². The van der Waals surface area contributed by atoms with Gasteiger partial charge in [-0.3, -0.25) is 9.88 Å². The van der Waals surface area contributed by atoms with E-state index in [4.69, 9.17) is 16.3 Å². The lowest BCUT2D eigenvalue weighted by Gasteiger charge is -2.42. The molecule has 2 saturated heterocycles. The first-order chi connectivity index (χ1) is 10.3. The van der Waals surface area contributed by atoms with Crippen molar-refractivity contribution in [1.29, 1.82) is 0 Å². The Morgan fingerprint density at radius 3 is 2.45 bits per heavy atom. The molecule has 0 aromatic carbocycles. The summed E-state index contributed by atoms with van der Waals surface area (Å²) in [7, 11) is 0. The van der Waals surface area contributed by atoms with Gasteiger partial charge in [0.25, 0.3) is 0 Å². The molecule has 2 aliphatic heterocycles. The van der Waals surface area contributed by atoms with Gasteiger partial charge >= 0.3 is 6.09 Å². The summed E-state index contributed by atoms with van der Waals surface area (Å²) < 4.78 is 5.55. The van der Waals surface area contributed by atoms with Crippen LogP contribution in [0.15, 0.2) is 18.5 Å². The van der Waals surface area contributed by atoms with Crippen LogP contribution in [0.4, 0.5) is 10.5 Å². The molecule has 5 nitrogen and oxygen atoms in total. The number of anilines is 1. The minimum absolute atomic E-state index is 0.191. The molecule has 22 heavy (non-hydrogen) atoms. The Morgan fingerprint density at radius 1 is 1.27 bits per heavy atom. The Morgan fingerprint density at radius 2 is 1.91 bits per heavy atom. The number of fused-ring (bicyclic) bond motifs is 2. The molecule has 0 saturated carbocycles. The van der Waals surface area contributed by atoms with Crippen LogP contribution in [0.1, 0.15) is 33.6 Å². The van der Waals surface area contributed by atoms with Gasteiger partial charge in [-0.05, 0) is 39.7 Å². The molecule has 1 amide bonds. The highest BCUT2D eigenvalue weighted by atomic mass is 35.5. The highest BCUT2D eigenvalue weighted by molar-refractivity contribution is 6.30. The number of halogens is 1. The van der Waals surface area contributed by atoms with E-state index in [1.165, 1.54) is 0 Å². The molecule has 0 N–H and O–H groups in total.